The smallest absolute Gasteiger partial charge is 0.337 e. The Labute approximate surface area is 169 Å². The second kappa shape index (κ2) is 8.77. The summed E-state index contributed by atoms with van der Waals surface area (Å²) < 4.78 is 60.8. The van der Waals surface area contributed by atoms with E-state index < -0.39 is 34.9 Å². The molecule has 0 radical (unpaired) electrons. The lowest BCUT2D eigenvalue weighted by Gasteiger charge is -2.15. The maximum atomic E-state index is 14.5. The standard InChI is InChI=1S/C22H16F4N2O2/c1-30-22(29)12-5-7-15(18(26)10-12)21(27)20-17(25)3-2-4-19(20)28-11-13-9-14(23)6-8-16(13)24/h2-10,27-28H,11H2,1H3. The molecule has 0 fully saturated rings. The molecule has 0 aromatic heterocycles. The fourth-order valence-corrected chi connectivity index (χ4v) is 2.89. The predicted molar refractivity (Wildman–Crippen MR) is 104 cm³/mol. The molecule has 0 aliphatic heterocycles. The van der Waals surface area contributed by atoms with Crippen LogP contribution in [0.25, 0.3) is 0 Å². The van der Waals surface area contributed by atoms with Gasteiger partial charge in [-0.2, -0.15) is 0 Å². The largest absolute Gasteiger partial charge is 0.465 e. The van der Waals surface area contributed by atoms with Crippen molar-refractivity contribution in [3.8, 4) is 0 Å². The number of benzene rings is 3. The molecule has 0 saturated carbocycles. The van der Waals surface area contributed by atoms with Crippen LogP contribution >= 0.6 is 0 Å². The van der Waals surface area contributed by atoms with Gasteiger partial charge in [-0.1, -0.05) is 6.07 Å². The van der Waals surface area contributed by atoms with Gasteiger partial charge in [0.05, 0.1) is 23.9 Å². The van der Waals surface area contributed by atoms with Crippen LogP contribution in [0.2, 0.25) is 0 Å². The molecule has 0 amide bonds. The van der Waals surface area contributed by atoms with Crippen LogP contribution in [0, 0.1) is 28.7 Å². The first-order valence-electron chi connectivity index (χ1n) is 8.75. The van der Waals surface area contributed by atoms with Gasteiger partial charge < -0.3 is 10.1 Å². The van der Waals surface area contributed by atoms with Gasteiger partial charge in [0.15, 0.2) is 0 Å². The minimum atomic E-state index is -0.909. The lowest BCUT2D eigenvalue weighted by atomic mass is 9.98. The number of hydrogen-bond acceptors (Lipinski definition) is 4. The summed E-state index contributed by atoms with van der Waals surface area (Å²) >= 11 is 0. The zero-order valence-electron chi connectivity index (χ0n) is 15.7. The first-order chi connectivity index (χ1) is 14.3. The van der Waals surface area contributed by atoms with Crippen molar-refractivity contribution < 1.29 is 27.1 Å². The van der Waals surface area contributed by atoms with Gasteiger partial charge in [0.1, 0.15) is 23.3 Å². The number of anilines is 1. The summed E-state index contributed by atoms with van der Waals surface area (Å²) in [6, 6.07) is 10.2. The Morgan fingerprint density at radius 1 is 0.967 bits per heavy atom. The van der Waals surface area contributed by atoms with Crippen molar-refractivity contribution in [2.45, 2.75) is 6.54 Å². The molecule has 3 aromatic carbocycles. The summed E-state index contributed by atoms with van der Waals surface area (Å²) in [5.74, 6) is -3.75. The highest BCUT2D eigenvalue weighted by Crippen LogP contribution is 2.25. The zero-order valence-corrected chi connectivity index (χ0v) is 15.7. The molecule has 0 heterocycles. The Morgan fingerprint density at radius 2 is 1.73 bits per heavy atom. The summed E-state index contributed by atoms with van der Waals surface area (Å²) in [5.41, 5.74) is -0.929. The van der Waals surface area contributed by atoms with Crippen LogP contribution in [0.15, 0.2) is 54.6 Å². The number of ether oxygens (including phenoxy) is 1. The molecule has 0 aliphatic rings. The van der Waals surface area contributed by atoms with E-state index in [1.54, 1.807) is 0 Å². The molecular formula is C22H16F4N2O2. The van der Waals surface area contributed by atoms with Crippen molar-refractivity contribution in [3.05, 3.63) is 100 Å². The average molecular weight is 416 g/mol. The molecule has 3 aromatic rings. The third kappa shape index (κ3) is 4.32. The maximum absolute atomic E-state index is 14.5. The molecule has 0 saturated heterocycles. The van der Waals surface area contributed by atoms with Crippen molar-refractivity contribution in [2.24, 2.45) is 0 Å². The van der Waals surface area contributed by atoms with E-state index in [2.05, 4.69) is 10.1 Å². The second-order valence-corrected chi connectivity index (χ2v) is 6.31. The molecule has 154 valence electrons. The Kier molecular flexibility index (Phi) is 6.15. The van der Waals surface area contributed by atoms with E-state index >= 15 is 0 Å². The Morgan fingerprint density at radius 3 is 2.43 bits per heavy atom. The zero-order chi connectivity index (χ0) is 21.8. The van der Waals surface area contributed by atoms with Crippen molar-refractivity contribution >= 4 is 17.4 Å². The van der Waals surface area contributed by atoms with Gasteiger partial charge in [-0.25, -0.2) is 22.4 Å². The molecule has 8 heteroatoms. The third-order valence-corrected chi connectivity index (χ3v) is 4.40. The number of esters is 1. The van der Waals surface area contributed by atoms with Crippen LogP contribution in [0.4, 0.5) is 23.2 Å². The van der Waals surface area contributed by atoms with Crippen LogP contribution < -0.4 is 5.32 Å². The maximum Gasteiger partial charge on any atom is 0.337 e. The number of methoxy groups -OCH3 is 1. The Balaban J connectivity index is 1.94. The van der Waals surface area contributed by atoms with E-state index in [0.29, 0.717) is 0 Å². The predicted octanol–water partition coefficient (Wildman–Crippen LogP) is 5.06. The molecular weight excluding hydrogens is 400 g/mol. The number of rotatable bonds is 6. The van der Waals surface area contributed by atoms with Crippen molar-refractivity contribution in [2.75, 3.05) is 12.4 Å². The highest BCUT2D eigenvalue weighted by atomic mass is 19.1. The van der Waals surface area contributed by atoms with Gasteiger partial charge >= 0.3 is 5.97 Å². The monoisotopic (exact) mass is 416 g/mol. The molecule has 2 N–H and O–H groups in total. The minimum absolute atomic E-state index is 0.00496. The molecule has 3 rings (SSSR count). The van der Waals surface area contributed by atoms with Crippen LogP contribution in [0.5, 0.6) is 0 Å². The van der Waals surface area contributed by atoms with Gasteiger partial charge in [-0.15, -0.1) is 0 Å². The molecule has 30 heavy (non-hydrogen) atoms. The molecule has 4 nitrogen and oxygen atoms in total. The minimum Gasteiger partial charge on any atom is -0.465 e. The fourth-order valence-electron chi connectivity index (χ4n) is 2.89. The van der Waals surface area contributed by atoms with E-state index in [1.165, 1.54) is 24.3 Å². The Hall–Kier alpha value is -3.68. The Bertz CT molecular complexity index is 1130. The molecule has 0 unspecified atom stereocenters. The number of nitrogens with one attached hydrogen (secondary N) is 2. The summed E-state index contributed by atoms with van der Waals surface area (Å²) in [4.78, 5) is 11.5. The van der Waals surface area contributed by atoms with Crippen LogP contribution in [0.3, 0.4) is 0 Å². The summed E-state index contributed by atoms with van der Waals surface area (Å²) in [6.07, 6.45) is 0. The van der Waals surface area contributed by atoms with Crippen molar-refractivity contribution in [1.82, 2.24) is 0 Å². The van der Waals surface area contributed by atoms with Crippen molar-refractivity contribution in [1.29, 1.82) is 5.41 Å². The van der Waals surface area contributed by atoms with Gasteiger partial charge in [0.2, 0.25) is 0 Å². The fraction of sp³-hybridized carbons (Fsp3) is 0.0909. The topological polar surface area (TPSA) is 62.2 Å². The summed E-state index contributed by atoms with van der Waals surface area (Å²) in [7, 11) is 1.15. The molecule has 0 atom stereocenters. The summed E-state index contributed by atoms with van der Waals surface area (Å²) in [6.45, 7) is -0.183. The first kappa shape index (κ1) is 21.0. The van der Waals surface area contributed by atoms with Gasteiger partial charge in [0, 0.05) is 23.4 Å². The van der Waals surface area contributed by atoms with E-state index in [1.807, 2.05) is 0 Å². The van der Waals surface area contributed by atoms with E-state index in [4.69, 9.17) is 5.41 Å². The molecule has 0 spiro atoms. The average Bonchev–Trinajstić information content (AvgIpc) is 2.73. The highest BCUT2D eigenvalue weighted by molar-refractivity contribution is 6.14. The lowest BCUT2D eigenvalue weighted by molar-refractivity contribution is 0.0600. The number of halogens is 4. The number of carbonyl (C=O) groups is 1. The molecule has 0 bridgehead atoms. The third-order valence-electron chi connectivity index (χ3n) is 4.40. The SMILES string of the molecule is COC(=O)c1ccc(C(=N)c2c(F)cccc2NCc2cc(F)ccc2F)c(F)c1. The number of hydrogen-bond donors (Lipinski definition) is 2. The highest BCUT2D eigenvalue weighted by Gasteiger charge is 2.20. The lowest BCUT2D eigenvalue weighted by Crippen LogP contribution is -2.13. The van der Waals surface area contributed by atoms with E-state index in [9.17, 15) is 22.4 Å². The van der Waals surface area contributed by atoms with Crippen LogP contribution in [0.1, 0.15) is 27.0 Å². The van der Waals surface area contributed by atoms with Gasteiger partial charge in [-0.05, 0) is 48.5 Å². The van der Waals surface area contributed by atoms with Gasteiger partial charge in [-0.3, -0.25) is 5.41 Å². The van der Waals surface area contributed by atoms with E-state index in [0.717, 1.165) is 37.4 Å². The molecule has 0 aliphatic carbocycles. The quantitative estimate of drug-likeness (QED) is 0.336. The first-order valence-corrected chi connectivity index (χ1v) is 8.75. The van der Waals surface area contributed by atoms with Gasteiger partial charge in [0.25, 0.3) is 0 Å². The second-order valence-electron chi connectivity index (χ2n) is 6.31. The van der Waals surface area contributed by atoms with Crippen LogP contribution in [-0.4, -0.2) is 18.8 Å². The number of carbonyl (C=O) groups excluding carboxylic acids is 1. The van der Waals surface area contributed by atoms with Crippen LogP contribution in [-0.2, 0) is 11.3 Å². The van der Waals surface area contributed by atoms with E-state index in [-0.39, 0.29) is 34.5 Å². The normalized spacial score (nSPS) is 10.6. The summed E-state index contributed by atoms with van der Waals surface area (Å²) in [5, 5.41) is 11.1. The van der Waals surface area contributed by atoms with Crippen molar-refractivity contribution in [3.63, 3.8) is 0 Å².